The Kier molecular flexibility index (Phi) is 10.1. The van der Waals surface area contributed by atoms with E-state index in [1.807, 2.05) is 0 Å². The van der Waals surface area contributed by atoms with Gasteiger partial charge in [0.15, 0.2) is 0 Å². The van der Waals surface area contributed by atoms with E-state index in [0.717, 1.165) is 0 Å². The van der Waals surface area contributed by atoms with Crippen LogP contribution in [0.25, 0.3) is 17.3 Å². The van der Waals surface area contributed by atoms with Gasteiger partial charge in [-0.3, -0.25) is 24.9 Å². The second-order valence-corrected chi connectivity index (χ2v) is 10.7. The summed E-state index contributed by atoms with van der Waals surface area (Å²) in [5.41, 5.74) is 3.37. The second-order valence-electron chi connectivity index (χ2n) is 10.3. The number of hydrazone groups is 1. The van der Waals surface area contributed by atoms with E-state index in [0.29, 0.717) is 50.4 Å². The number of benzene rings is 2. The molecule has 0 fully saturated rings. The second kappa shape index (κ2) is 14.5. The highest BCUT2D eigenvalue weighted by atomic mass is 35.5. The van der Waals surface area contributed by atoms with Crippen molar-refractivity contribution in [1.82, 2.24) is 20.3 Å². The molecule has 4 bridgehead atoms. The first-order valence-electron chi connectivity index (χ1n) is 14.2. The Balaban J connectivity index is 1.50. The van der Waals surface area contributed by atoms with Crippen LogP contribution >= 0.6 is 11.6 Å². The van der Waals surface area contributed by atoms with Gasteiger partial charge in [0.2, 0.25) is 11.8 Å². The Hall–Kier alpha value is -5.80. The lowest BCUT2D eigenvalue weighted by Gasteiger charge is -2.18. The van der Waals surface area contributed by atoms with Gasteiger partial charge >= 0.3 is 6.09 Å². The number of rotatable bonds is 6. The summed E-state index contributed by atoms with van der Waals surface area (Å²) < 4.78 is 19.4. The lowest BCUT2D eigenvalue weighted by Crippen LogP contribution is -2.30. The number of H-pyrrole nitrogens is 1. The van der Waals surface area contributed by atoms with Crippen LogP contribution in [0.4, 0.5) is 26.2 Å². The third-order valence-electron chi connectivity index (χ3n) is 7.11. The summed E-state index contributed by atoms with van der Waals surface area (Å²) in [6.45, 7) is 0. The van der Waals surface area contributed by atoms with E-state index in [4.69, 9.17) is 23.3 Å². The van der Waals surface area contributed by atoms with Crippen molar-refractivity contribution in [1.29, 1.82) is 0 Å². The molecule has 14 nitrogen and oxygen atoms in total. The normalized spacial score (nSPS) is 14.6. The molecular weight excluding hydrogens is 631 g/mol. The zero-order valence-corrected chi connectivity index (χ0v) is 25.7. The molecule has 2 aromatic carbocycles. The molecule has 1 atom stereocenters. The van der Waals surface area contributed by atoms with Gasteiger partial charge in [-0.05, 0) is 54.6 Å². The molecule has 242 valence electrons. The number of aromatic nitrogens is 3. The zero-order chi connectivity index (χ0) is 33.5. The van der Waals surface area contributed by atoms with Gasteiger partial charge in [0.05, 0.1) is 42.1 Å². The summed E-state index contributed by atoms with van der Waals surface area (Å²) in [5.74, 6) is 10.2. The third-order valence-corrected chi connectivity index (χ3v) is 7.34. The van der Waals surface area contributed by atoms with E-state index in [9.17, 15) is 18.8 Å². The summed E-state index contributed by atoms with van der Waals surface area (Å²) in [6.07, 6.45) is 5.01. The van der Waals surface area contributed by atoms with Gasteiger partial charge in [-0.1, -0.05) is 11.6 Å². The molecule has 1 aliphatic heterocycles. The highest BCUT2D eigenvalue weighted by molar-refractivity contribution is 6.30. The minimum atomic E-state index is -0.734. The number of hydrazine groups is 1. The minimum Gasteiger partial charge on any atom is -0.453 e. The molecule has 0 aliphatic carbocycles. The number of halogens is 2. The number of hydrogen-bond acceptors (Lipinski definition) is 9. The number of hydrogen-bond donors (Lipinski definition) is 6. The predicted molar refractivity (Wildman–Crippen MR) is 176 cm³/mol. The van der Waals surface area contributed by atoms with Crippen molar-refractivity contribution in [2.45, 2.75) is 25.3 Å². The molecule has 3 heterocycles. The Bertz CT molecular complexity index is 1880. The number of nitrogens with one attached hydrogen (secondary N) is 4. The van der Waals surface area contributed by atoms with Crippen molar-refractivity contribution in [2.75, 3.05) is 22.8 Å². The first-order chi connectivity index (χ1) is 22.6. The SMILES string of the molecule is COC(=O)Nc1ccc2c(c1)NC(=O)CCc1nc(ccc1F)CC(NC(=O)/C=C/c1cc(Cl)ccc1N(N)/C=N\N)c1ncc-2[nH]1. The summed E-state index contributed by atoms with van der Waals surface area (Å²) in [6, 6.07) is 11.8. The number of nitrogens with zero attached hydrogens (tertiary/aromatic N) is 4. The summed E-state index contributed by atoms with van der Waals surface area (Å²) in [7, 11) is 1.23. The van der Waals surface area contributed by atoms with Gasteiger partial charge in [0.1, 0.15) is 18.0 Å². The number of aryl methyl sites for hydroxylation is 1. The Morgan fingerprint density at radius 3 is 2.81 bits per heavy atom. The number of ether oxygens (including phenoxy) is 1. The van der Waals surface area contributed by atoms with E-state index >= 15 is 0 Å². The maximum atomic E-state index is 14.7. The fourth-order valence-electron chi connectivity index (χ4n) is 4.88. The van der Waals surface area contributed by atoms with Crippen molar-refractivity contribution in [3.63, 3.8) is 0 Å². The number of nitrogens with two attached hydrogens (primary N) is 2. The van der Waals surface area contributed by atoms with Crippen LogP contribution in [0.2, 0.25) is 5.02 Å². The molecular formula is C31H30ClFN10O4. The summed E-state index contributed by atoms with van der Waals surface area (Å²) >= 11 is 6.18. The highest BCUT2D eigenvalue weighted by Crippen LogP contribution is 2.32. The van der Waals surface area contributed by atoms with Crippen LogP contribution in [0.3, 0.4) is 0 Å². The molecule has 5 rings (SSSR count). The first kappa shape index (κ1) is 32.6. The highest BCUT2D eigenvalue weighted by Gasteiger charge is 2.22. The number of imidazole rings is 1. The zero-order valence-electron chi connectivity index (χ0n) is 25.0. The first-order valence-corrected chi connectivity index (χ1v) is 14.5. The summed E-state index contributed by atoms with van der Waals surface area (Å²) in [4.78, 5) is 50.2. The molecule has 0 saturated carbocycles. The molecule has 0 radical (unpaired) electrons. The van der Waals surface area contributed by atoms with Crippen molar-refractivity contribution >= 4 is 59.0 Å². The largest absolute Gasteiger partial charge is 0.453 e. The lowest BCUT2D eigenvalue weighted by atomic mass is 10.1. The maximum Gasteiger partial charge on any atom is 0.411 e. The minimum absolute atomic E-state index is 0.0254. The van der Waals surface area contributed by atoms with Crippen molar-refractivity contribution in [3.8, 4) is 11.3 Å². The number of methoxy groups -OCH3 is 1. The molecule has 1 unspecified atom stereocenters. The van der Waals surface area contributed by atoms with Crippen LogP contribution in [0.1, 0.15) is 35.2 Å². The van der Waals surface area contributed by atoms with Crippen molar-refractivity contribution in [3.05, 3.63) is 94.4 Å². The predicted octanol–water partition coefficient (Wildman–Crippen LogP) is 4.02. The molecule has 1 aliphatic rings. The number of anilines is 3. The van der Waals surface area contributed by atoms with Gasteiger partial charge in [-0.25, -0.2) is 20.0 Å². The fraction of sp³-hybridized carbons (Fsp3) is 0.161. The van der Waals surface area contributed by atoms with Gasteiger partial charge in [0, 0.05) is 52.9 Å². The third kappa shape index (κ3) is 8.08. The number of amides is 3. The van der Waals surface area contributed by atoms with E-state index in [-0.39, 0.29) is 25.0 Å². The molecule has 0 saturated heterocycles. The van der Waals surface area contributed by atoms with Crippen LogP contribution in [-0.4, -0.2) is 46.3 Å². The van der Waals surface area contributed by atoms with Gasteiger partial charge in [0.25, 0.3) is 0 Å². The van der Waals surface area contributed by atoms with E-state index in [1.54, 1.807) is 42.6 Å². The maximum absolute atomic E-state index is 14.7. The molecule has 2 aromatic heterocycles. The molecule has 8 N–H and O–H groups in total. The fourth-order valence-corrected chi connectivity index (χ4v) is 5.06. The van der Waals surface area contributed by atoms with Crippen LogP contribution < -0.4 is 32.6 Å². The lowest BCUT2D eigenvalue weighted by molar-refractivity contribution is -0.117. The molecule has 4 aromatic rings. The average molecular weight is 661 g/mol. The standard InChI is InChI=1S/C31H30ClFN10O4/c1-47-31(46)39-20-4-6-21-24(13-20)40-29(45)11-8-23-22(33)7-5-19(38-23)14-25(30-36-15-26(21)42-30)41-28(44)10-2-17-12-18(32)3-9-27(17)43(35)16-37-34/h2-7,9-10,12-13,15-16,25H,8,11,14,34-35H2,1H3,(H,36,42)(H,39,46)(H,40,45)(H,41,44)/b10-2+,37-16-. The van der Waals surface area contributed by atoms with Gasteiger partial charge < -0.3 is 26.2 Å². The van der Waals surface area contributed by atoms with Crippen LogP contribution in [0.15, 0.2) is 65.9 Å². The number of carbonyl (C=O) groups is 3. The Labute approximate surface area is 273 Å². The molecule has 3 amide bonds. The van der Waals surface area contributed by atoms with Gasteiger partial charge in [-0.15, -0.1) is 0 Å². The number of pyridine rings is 1. The smallest absolute Gasteiger partial charge is 0.411 e. The monoisotopic (exact) mass is 660 g/mol. The molecule has 0 spiro atoms. The van der Waals surface area contributed by atoms with Crippen LogP contribution in [0, 0.1) is 5.82 Å². The van der Waals surface area contributed by atoms with E-state index < -0.39 is 29.8 Å². The molecule has 16 heteroatoms. The average Bonchev–Trinajstić information content (AvgIpc) is 3.53. The Morgan fingerprint density at radius 2 is 2.02 bits per heavy atom. The van der Waals surface area contributed by atoms with Gasteiger partial charge in [-0.2, -0.15) is 5.10 Å². The van der Waals surface area contributed by atoms with Crippen LogP contribution in [0.5, 0.6) is 0 Å². The van der Waals surface area contributed by atoms with Crippen molar-refractivity contribution in [2.24, 2.45) is 16.8 Å². The quantitative estimate of drug-likeness (QED) is 0.0580. The van der Waals surface area contributed by atoms with E-state index in [2.05, 4.69) is 40.7 Å². The number of fused-ring (bicyclic) bond motifs is 6. The topological polar surface area (TPSA) is 206 Å². The summed E-state index contributed by atoms with van der Waals surface area (Å²) in [5, 5.41) is 13.4. The number of aromatic amines is 1. The number of carbonyl (C=O) groups excluding carboxylic acids is 3. The van der Waals surface area contributed by atoms with Crippen molar-refractivity contribution < 1.29 is 23.5 Å². The van der Waals surface area contributed by atoms with E-state index in [1.165, 1.54) is 42.7 Å². The van der Waals surface area contributed by atoms with Crippen LogP contribution in [-0.2, 0) is 27.2 Å². The Morgan fingerprint density at radius 1 is 1.19 bits per heavy atom. The molecule has 47 heavy (non-hydrogen) atoms.